The van der Waals surface area contributed by atoms with Gasteiger partial charge in [-0.25, -0.2) is 29.9 Å². The second-order valence-corrected chi connectivity index (χ2v) is 30.9. The Kier molecular flexibility index (Phi) is 18.9. The van der Waals surface area contributed by atoms with Gasteiger partial charge >= 0.3 is 18.5 Å². The number of rotatable bonds is 14. The molecule has 17 heteroatoms. The van der Waals surface area contributed by atoms with E-state index in [1.807, 2.05) is 206 Å². The molecule has 0 aliphatic carbocycles. The molecular weight excluding hydrogens is 1530 g/mol. The van der Waals surface area contributed by atoms with Gasteiger partial charge in [0.25, 0.3) is 0 Å². The molecule has 19 aromatic rings. The maximum absolute atomic E-state index is 14.8. The summed E-state index contributed by atoms with van der Waals surface area (Å²) in [6.07, 6.45) is -13.9. The fourth-order valence-corrected chi connectivity index (χ4v) is 16.7. The SMILES string of the molecule is Cc1cc(C)cc(-c2ccc3c(c2)c2cc(-c4cc(C)cc(C(F)(F)F)c4)ccc2n3-c2ccc(-c3nc(-c4ccccc4)nc(-c4ccccc4)n3)cc2-c2cccc(-c3cc(-c4nc(-c5ccccc5)nc(-c5ccccc5)n4)ccc3-n3c4ccc(-c5cc(C)cc(C(F)(F)F)c5)cc4c4cc(-c5cc(C)cc(C(F)(F)F)c5)ccc43)c2)c1. The van der Waals surface area contributed by atoms with Crippen LogP contribution in [-0.2, 0) is 18.5 Å². The first-order valence-electron chi connectivity index (χ1n) is 39.3. The lowest BCUT2D eigenvalue weighted by molar-refractivity contribution is -0.138. The first-order valence-corrected chi connectivity index (χ1v) is 39.3. The van der Waals surface area contributed by atoms with Crippen LogP contribution in [0.5, 0.6) is 0 Å². The van der Waals surface area contributed by atoms with Gasteiger partial charge < -0.3 is 9.13 Å². The van der Waals surface area contributed by atoms with Crippen molar-refractivity contribution in [3.63, 3.8) is 0 Å². The average molecular weight is 1600 g/mol. The van der Waals surface area contributed by atoms with E-state index in [1.54, 1.807) is 51.1 Å². The Bertz CT molecular complexity index is 7070. The highest BCUT2D eigenvalue weighted by atomic mass is 19.4. The van der Waals surface area contributed by atoms with Crippen molar-refractivity contribution in [1.29, 1.82) is 0 Å². The zero-order chi connectivity index (χ0) is 83.3. The minimum atomic E-state index is -4.66. The highest BCUT2D eigenvalue weighted by Crippen LogP contribution is 2.48. The first kappa shape index (κ1) is 76.3. The molecule has 0 fully saturated rings. The fourth-order valence-electron chi connectivity index (χ4n) is 16.7. The fraction of sp³-hybridized carbons (Fsp3) is 0.0769. The largest absolute Gasteiger partial charge is 0.416 e. The molecule has 0 aliphatic rings. The maximum atomic E-state index is 14.8. The standard InChI is InChI=1S/C104H69F9N8/c1-60-41-61(2)43-77(42-60)69-29-35-92-86(54-69)87-55-70(78-44-62(3)47-81(51-78)102(105,106)107)30-36-93(87)120(92)90-39-33-75(100-116-96(65-19-10-6-11-20-65)114-97(117-100)66-21-12-7-13-22-66)58-84(90)73-27-18-28-74(50-73)85-59-76(101-118-98(67-23-14-8-15-24-67)115-99(119-101)68-25-16-9-17-26-68)34-40-91(85)121-94-37-31-71(79-45-63(4)48-82(52-79)103(108,109)110)56-88(94)89-57-72(32-38-95(89)121)80-46-64(5)49-83(53-80)104(111,112)113/h6-59H,1-5H3. The minimum Gasteiger partial charge on any atom is -0.309 e. The molecule has 0 amide bonds. The highest BCUT2D eigenvalue weighted by molar-refractivity contribution is 6.14. The summed E-state index contributed by atoms with van der Waals surface area (Å²) in [4.78, 5) is 31.1. The van der Waals surface area contributed by atoms with E-state index in [1.165, 1.54) is 6.07 Å². The number of benzene rings is 15. The summed E-state index contributed by atoms with van der Waals surface area (Å²) in [5, 5.41) is 2.82. The zero-order valence-corrected chi connectivity index (χ0v) is 65.7. The number of fused-ring (bicyclic) bond motifs is 6. The molecule has 0 spiro atoms. The Labute approximate surface area is 690 Å². The van der Waals surface area contributed by atoms with Crippen LogP contribution in [0.3, 0.4) is 0 Å². The molecule has 0 radical (unpaired) electrons. The summed E-state index contributed by atoms with van der Waals surface area (Å²) in [6, 6.07) is 100. The number of aromatic nitrogens is 8. The van der Waals surface area contributed by atoms with E-state index in [4.69, 9.17) is 29.9 Å². The molecule has 0 saturated carbocycles. The Morgan fingerprint density at radius 3 is 0.702 bits per heavy atom. The Morgan fingerprint density at radius 2 is 0.430 bits per heavy atom. The summed E-state index contributed by atoms with van der Waals surface area (Å²) in [7, 11) is 0. The van der Waals surface area contributed by atoms with E-state index in [0.717, 1.165) is 96.6 Å². The monoisotopic (exact) mass is 1600 g/mol. The normalized spacial score (nSPS) is 12.0. The van der Waals surface area contributed by atoms with Gasteiger partial charge in [0.1, 0.15) is 0 Å². The highest BCUT2D eigenvalue weighted by Gasteiger charge is 2.34. The number of hydrogen-bond donors (Lipinski definition) is 0. The zero-order valence-electron chi connectivity index (χ0n) is 65.7. The van der Waals surface area contributed by atoms with Crippen LogP contribution < -0.4 is 0 Å². The van der Waals surface area contributed by atoms with E-state index in [-0.39, 0.29) is 0 Å². The number of nitrogens with zero attached hydrogens (tertiary/aromatic N) is 8. The van der Waals surface area contributed by atoms with Crippen molar-refractivity contribution in [3.8, 4) is 146 Å². The van der Waals surface area contributed by atoms with Gasteiger partial charge in [0, 0.05) is 66.1 Å². The van der Waals surface area contributed by atoms with Crippen molar-refractivity contribution in [2.45, 2.75) is 53.1 Å². The van der Waals surface area contributed by atoms with Gasteiger partial charge in [-0.1, -0.05) is 211 Å². The predicted octanol–water partition coefficient (Wildman–Crippen LogP) is 28.9. The molecule has 15 aromatic carbocycles. The number of hydrogen-bond acceptors (Lipinski definition) is 6. The third-order valence-corrected chi connectivity index (χ3v) is 22.2. The van der Waals surface area contributed by atoms with Crippen molar-refractivity contribution in [2.75, 3.05) is 0 Å². The molecular formula is C104H69F9N8. The lowest BCUT2D eigenvalue weighted by Crippen LogP contribution is -2.05. The van der Waals surface area contributed by atoms with Gasteiger partial charge in [0.15, 0.2) is 34.9 Å². The van der Waals surface area contributed by atoms with Crippen LogP contribution in [0.4, 0.5) is 39.5 Å². The molecule has 0 bridgehead atoms. The van der Waals surface area contributed by atoms with Gasteiger partial charge in [0.05, 0.1) is 50.1 Å². The molecule has 8 nitrogen and oxygen atoms in total. The topological polar surface area (TPSA) is 87.2 Å². The molecule has 19 rings (SSSR count). The molecule has 0 aliphatic heterocycles. The molecule has 0 saturated heterocycles. The molecule has 121 heavy (non-hydrogen) atoms. The van der Waals surface area contributed by atoms with E-state index < -0.39 is 35.2 Å². The van der Waals surface area contributed by atoms with Crippen LogP contribution in [-0.4, -0.2) is 39.0 Å². The number of aryl methyl sites for hydroxylation is 5. The van der Waals surface area contributed by atoms with Crippen LogP contribution in [0, 0.1) is 34.6 Å². The van der Waals surface area contributed by atoms with Crippen LogP contribution in [0.1, 0.15) is 44.5 Å². The van der Waals surface area contributed by atoms with Gasteiger partial charge in [-0.2, -0.15) is 39.5 Å². The van der Waals surface area contributed by atoms with Gasteiger partial charge in [-0.3, -0.25) is 0 Å². The lowest BCUT2D eigenvalue weighted by Gasteiger charge is -2.19. The van der Waals surface area contributed by atoms with Crippen molar-refractivity contribution in [1.82, 2.24) is 39.0 Å². The first-order chi connectivity index (χ1) is 58.3. The third kappa shape index (κ3) is 14.8. The molecule has 4 heterocycles. The molecule has 0 N–H and O–H groups in total. The van der Waals surface area contributed by atoms with Crippen LogP contribution in [0.2, 0.25) is 0 Å². The van der Waals surface area contributed by atoms with Crippen LogP contribution in [0.25, 0.3) is 190 Å². The van der Waals surface area contributed by atoms with Crippen molar-refractivity contribution in [2.24, 2.45) is 0 Å². The van der Waals surface area contributed by atoms with E-state index in [2.05, 4.69) is 77.6 Å². The van der Waals surface area contributed by atoms with Crippen LogP contribution >= 0.6 is 0 Å². The number of halogens is 9. The summed E-state index contributed by atoms with van der Waals surface area (Å²) < 4.78 is 137. The summed E-state index contributed by atoms with van der Waals surface area (Å²) >= 11 is 0. The third-order valence-electron chi connectivity index (χ3n) is 22.2. The van der Waals surface area contributed by atoms with Gasteiger partial charge in [-0.15, -0.1) is 0 Å². The second-order valence-electron chi connectivity index (χ2n) is 30.9. The molecule has 588 valence electrons. The van der Waals surface area contributed by atoms with Crippen molar-refractivity contribution < 1.29 is 39.5 Å². The van der Waals surface area contributed by atoms with Crippen LogP contribution in [0.15, 0.2) is 328 Å². The predicted molar refractivity (Wildman–Crippen MR) is 466 cm³/mol. The summed E-state index contributed by atoms with van der Waals surface area (Å²) in [6.45, 7) is 9.01. The molecule has 0 atom stereocenters. The van der Waals surface area contributed by atoms with Gasteiger partial charge in [0.2, 0.25) is 0 Å². The molecule has 0 unspecified atom stereocenters. The Morgan fingerprint density at radius 1 is 0.190 bits per heavy atom. The van der Waals surface area contributed by atoms with Crippen molar-refractivity contribution >= 4 is 43.6 Å². The smallest absolute Gasteiger partial charge is 0.309 e. The van der Waals surface area contributed by atoms with Gasteiger partial charge in [-0.05, 0) is 234 Å². The Balaban J connectivity index is 0.888. The Hall–Kier alpha value is -14.7. The quantitative estimate of drug-likeness (QED) is 0.101. The minimum absolute atomic E-state index is 0.314. The van der Waals surface area contributed by atoms with E-state index in [9.17, 15) is 39.5 Å². The summed E-state index contributed by atoms with van der Waals surface area (Å²) in [5.41, 5.74) is 16.6. The maximum Gasteiger partial charge on any atom is 0.416 e. The van der Waals surface area contributed by atoms with E-state index >= 15 is 0 Å². The van der Waals surface area contributed by atoms with E-state index in [0.29, 0.717) is 152 Å². The average Bonchev–Trinajstić information content (AvgIpc) is 1.57. The van der Waals surface area contributed by atoms with Crippen molar-refractivity contribution in [3.05, 3.63) is 372 Å². The lowest BCUT2D eigenvalue weighted by atomic mass is 9.94. The molecule has 4 aromatic heterocycles. The number of alkyl halides is 9. The summed E-state index contributed by atoms with van der Waals surface area (Å²) in [5.74, 6) is 2.44. The second kappa shape index (κ2) is 30.0.